The van der Waals surface area contributed by atoms with Gasteiger partial charge in [-0.25, -0.2) is 9.59 Å². The lowest BCUT2D eigenvalue weighted by atomic mass is 9.90. The van der Waals surface area contributed by atoms with Gasteiger partial charge in [0.2, 0.25) is 11.8 Å². The first-order chi connectivity index (χ1) is 28.3. The number of hydrogen-bond donors (Lipinski definition) is 5. The van der Waals surface area contributed by atoms with Crippen LogP contribution in [0.2, 0.25) is 0 Å². The van der Waals surface area contributed by atoms with E-state index in [1.807, 2.05) is 121 Å². The van der Waals surface area contributed by atoms with Gasteiger partial charge in [-0.1, -0.05) is 147 Å². The Kier molecular flexibility index (Phi) is 15.7. The summed E-state index contributed by atoms with van der Waals surface area (Å²) in [6.07, 6.45) is 4.63. The van der Waals surface area contributed by atoms with Crippen LogP contribution in [0.5, 0.6) is 0 Å². The molecule has 4 amide bonds. The van der Waals surface area contributed by atoms with Crippen LogP contribution in [-0.2, 0) is 45.1 Å². The number of alkyl carbamates (subject to hydrolysis) is 2. The molecule has 0 radical (unpaired) electrons. The van der Waals surface area contributed by atoms with Gasteiger partial charge in [0.1, 0.15) is 25.3 Å². The van der Waals surface area contributed by atoms with E-state index in [2.05, 4.69) is 21.3 Å². The van der Waals surface area contributed by atoms with Gasteiger partial charge in [0.05, 0.1) is 18.2 Å². The minimum atomic E-state index is -1.28. The zero-order valence-electron chi connectivity index (χ0n) is 33.0. The number of carbonyl (C=O) groups is 4. The Bertz CT molecular complexity index is 1730. The lowest BCUT2D eigenvalue weighted by Gasteiger charge is -2.34. The van der Waals surface area contributed by atoms with Crippen LogP contribution in [0.3, 0.4) is 0 Å². The Morgan fingerprint density at radius 1 is 0.483 bits per heavy atom. The first-order valence-electron chi connectivity index (χ1n) is 20.6. The fraction of sp³-hybridized carbons (Fsp3) is 0.404. The van der Waals surface area contributed by atoms with E-state index in [0.717, 1.165) is 73.6 Å². The van der Waals surface area contributed by atoms with Crippen molar-refractivity contribution in [2.45, 2.75) is 108 Å². The summed E-state index contributed by atoms with van der Waals surface area (Å²) in [6, 6.07) is 34.2. The Morgan fingerprint density at radius 3 is 1.12 bits per heavy atom. The second kappa shape index (κ2) is 21.7. The molecule has 0 heterocycles. The topological polar surface area (TPSA) is 155 Å². The van der Waals surface area contributed by atoms with Gasteiger partial charge in [0.15, 0.2) is 0 Å². The molecule has 0 saturated heterocycles. The predicted octanol–water partition coefficient (Wildman–Crippen LogP) is 6.77. The summed E-state index contributed by atoms with van der Waals surface area (Å²) < 4.78 is 11.1. The van der Waals surface area contributed by atoms with Crippen LogP contribution in [-0.4, -0.2) is 59.4 Å². The monoisotopic (exact) mass is 788 g/mol. The molecule has 4 atom stereocenters. The molecule has 0 aliphatic heterocycles. The van der Waals surface area contributed by atoms with Crippen LogP contribution in [0.15, 0.2) is 121 Å². The largest absolute Gasteiger partial charge is 0.445 e. The van der Waals surface area contributed by atoms with E-state index in [9.17, 15) is 24.3 Å². The highest BCUT2D eigenvalue weighted by molar-refractivity contribution is 5.87. The Labute approximate surface area is 341 Å². The molecule has 4 aromatic rings. The number of hydrogen-bond acceptors (Lipinski definition) is 7. The molecule has 4 aromatic carbocycles. The maximum absolute atomic E-state index is 14.4. The number of carbonyl (C=O) groups excluding carboxylic acids is 4. The second-order valence-electron chi connectivity index (χ2n) is 15.6. The van der Waals surface area contributed by atoms with Crippen LogP contribution >= 0.6 is 0 Å². The van der Waals surface area contributed by atoms with Crippen LogP contribution < -0.4 is 21.3 Å². The molecule has 58 heavy (non-hydrogen) atoms. The Hall–Kier alpha value is -5.68. The maximum atomic E-state index is 14.4. The summed E-state index contributed by atoms with van der Waals surface area (Å²) in [7, 11) is 0. The van der Waals surface area contributed by atoms with E-state index in [4.69, 9.17) is 9.47 Å². The first kappa shape index (κ1) is 41.9. The molecule has 306 valence electrons. The van der Waals surface area contributed by atoms with Crippen LogP contribution in [0.4, 0.5) is 9.59 Å². The van der Waals surface area contributed by atoms with E-state index < -0.39 is 54.3 Å². The van der Waals surface area contributed by atoms with Crippen molar-refractivity contribution < 1.29 is 33.8 Å². The highest BCUT2D eigenvalue weighted by atomic mass is 16.6. The molecule has 2 unspecified atom stereocenters. The molecule has 2 aliphatic rings. The zero-order valence-corrected chi connectivity index (χ0v) is 33.0. The number of nitrogens with one attached hydrogen (secondary N) is 4. The van der Waals surface area contributed by atoms with Crippen molar-refractivity contribution in [2.24, 2.45) is 11.8 Å². The molecule has 0 bridgehead atoms. The Balaban J connectivity index is 1.22. The van der Waals surface area contributed by atoms with Gasteiger partial charge >= 0.3 is 12.2 Å². The quantitative estimate of drug-likeness (QED) is 0.0746. The van der Waals surface area contributed by atoms with E-state index in [-0.39, 0.29) is 37.9 Å². The third-order valence-electron chi connectivity index (χ3n) is 11.4. The number of rotatable bonds is 18. The molecule has 2 saturated carbocycles. The van der Waals surface area contributed by atoms with Crippen molar-refractivity contribution in [3.8, 4) is 0 Å². The predicted molar refractivity (Wildman–Crippen MR) is 221 cm³/mol. The average molecular weight is 789 g/mol. The third kappa shape index (κ3) is 12.7. The molecule has 5 N–H and O–H groups in total. The van der Waals surface area contributed by atoms with Crippen molar-refractivity contribution in [1.82, 2.24) is 21.3 Å². The van der Waals surface area contributed by atoms with Crippen molar-refractivity contribution in [2.75, 3.05) is 0 Å². The minimum absolute atomic E-state index is 0.0589. The highest BCUT2D eigenvalue weighted by Gasteiger charge is 2.39. The molecular weight excluding hydrogens is 733 g/mol. The van der Waals surface area contributed by atoms with Crippen molar-refractivity contribution in [3.63, 3.8) is 0 Å². The van der Waals surface area contributed by atoms with Crippen LogP contribution in [0, 0.1) is 11.8 Å². The van der Waals surface area contributed by atoms with E-state index in [0.29, 0.717) is 0 Å². The van der Waals surface area contributed by atoms with E-state index >= 15 is 0 Å². The summed E-state index contributed by atoms with van der Waals surface area (Å²) in [5.41, 5.74) is 3.39. The normalized spacial score (nSPS) is 16.9. The molecule has 6 rings (SSSR count). The standard InChI is InChI=1S/C47H56N4O7/c52-43(39(29-33-17-5-1-6-18-33)48-44(53)41(37-25-13-14-26-37)50-46(55)57-31-35-21-9-3-10-22-35)40(30-34-19-7-2-8-20-34)49-45(54)42(38-27-15-16-28-38)51-47(56)58-32-36-23-11-4-12-24-36/h1-12,17-24,37-43,52H,13-16,25-32H2,(H,48,53)(H,49,54)(H,50,55)(H,51,56)/t39-,40-,41?,42?,43?/m0/s1. The van der Waals surface area contributed by atoms with Gasteiger partial charge in [-0.15, -0.1) is 0 Å². The number of aliphatic hydroxyl groups is 1. The number of ether oxygens (including phenoxy) is 2. The lowest BCUT2D eigenvalue weighted by Crippen LogP contribution is -2.61. The maximum Gasteiger partial charge on any atom is 0.408 e. The molecule has 0 spiro atoms. The SMILES string of the molecule is O=C(NC(C(=O)N[C@@H](Cc1ccccc1)C(O)[C@H](Cc1ccccc1)NC(=O)C(NC(=O)OCc1ccccc1)C1CCCC1)C1CCCC1)OCc1ccccc1. The molecule has 11 heteroatoms. The average Bonchev–Trinajstić information content (AvgIpc) is 4.00. The van der Waals surface area contributed by atoms with Gasteiger partial charge in [-0.2, -0.15) is 0 Å². The van der Waals surface area contributed by atoms with E-state index in [1.54, 1.807) is 0 Å². The summed E-state index contributed by atoms with van der Waals surface area (Å²) in [5, 5.41) is 24.3. The van der Waals surface area contributed by atoms with Gasteiger partial charge in [-0.3, -0.25) is 9.59 Å². The molecule has 2 aliphatic carbocycles. The first-order valence-corrected chi connectivity index (χ1v) is 20.6. The summed E-state index contributed by atoms with van der Waals surface area (Å²) in [4.78, 5) is 55.0. The summed E-state index contributed by atoms with van der Waals surface area (Å²) >= 11 is 0. The minimum Gasteiger partial charge on any atom is -0.445 e. The van der Waals surface area contributed by atoms with Crippen LogP contribution in [0.1, 0.15) is 73.6 Å². The smallest absolute Gasteiger partial charge is 0.408 e. The second-order valence-corrected chi connectivity index (χ2v) is 15.6. The number of benzene rings is 4. The molecule has 11 nitrogen and oxygen atoms in total. The van der Waals surface area contributed by atoms with Crippen molar-refractivity contribution in [1.29, 1.82) is 0 Å². The van der Waals surface area contributed by atoms with Gasteiger partial charge < -0.3 is 35.8 Å². The summed E-state index contributed by atoms with van der Waals surface area (Å²) in [6.45, 7) is 0.118. The van der Waals surface area contributed by atoms with E-state index in [1.165, 1.54) is 0 Å². The Morgan fingerprint density at radius 2 is 0.793 bits per heavy atom. The third-order valence-corrected chi connectivity index (χ3v) is 11.4. The van der Waals surface area contributed by atoms with Crippen LogP contribution in [0.25, 0.3) is 0 Å². The number of aliphatic hydroxyl groups excluding tert-OH is 1. The lowest BCUT2D eigenvalue weighted by molar-refractivity contribution is -0.127. The van der Waals surface area contributed by atoms with Crippen molar-refractivity contribution >= 4 is 24.0 Å². The van der Waals surface area contributed by atoms with Gasteiger partial charge in [-0.05, 0) is 72.6 Å². The van der Waals surface area contributed by atoms with Crippen molar-refractivity contribution in [3.05, 3.63) is 144 Å². The highest BCUT2D eigenvalue weighted by Crippen LogP contribution is 2.30. The number of amides is 4. The van der Waals surface area contributed by atoms with Gasteiger partial charge in [0.25, 0.3) is 0 Å². The zero-order chi connectivity index (χ0) is 40.5. The summed E-state index contributed by atoms with van der Waals surface area (Å²) in [5.74, 6) is -1.09. The molecular formula is C47H56N4O7. The fourth-order valence-corrected chi connectivity index (χ4v) is 8.24. The molecule has 0 aromatic heterocycles. The molecule has 2 fully saturated rings. The fourth-order valence-electron chi connectivity index (χ4n) is 8.24. The van der Waals surface area contributed by atoms with Gasteiger partial charge in [0, 0.05) is 0 Å².